The Morgan fingerprint density at radius 2 is 1.55 bits per heavy atom. The van der Waals surface area contributed by atoms with Crippen molar-refractivity contribution < 1.29 is 27.5 Å². The molecule has 2 heterocycles. The van der Waals surface area contributed by atoms with E-state index >= 15 is 0 Å². The first-order valence-corrected chi connectivity index (χ1v) is 11.8. The Morgan fingerprint density at radius 3 is 2.27 bits per heavy atom. The van der Waals surface area contributed by atoms with Crippen molar-refractivity contribution in [1.29, 1.82) is 0 Å². The maximum atomic E-state index is 13.6. The number of carbonyl (C=O) groups excluding carboxylic acids is 2. The molecule has 0 bridgehead atoms. The quantitative estimate of drug-likeness (QED) is 0.521. The summed E-state index contributed by atoms with van der Waals surface area (Å²) in [7, 11) is -4.10. The number of nitrogens with zero attached hydrogens (tertiary/aromatic N) is 2. The number of benzene rings is 3. The van der Waals surface area contributed by atoms with Gasteiger partial charge in [0.05, 0.1) is 17.0 Å². The van der Waals surface area contributed by atoms with E-state index in [0.717, 1.165) is 9.21 Å². The van der Waals surface area contributed by atoms with Gasteiger partial charge in [-0.1, -0.05) is 42.5 Å². The Hall–Kier alpha value is -3.69. The summed E-state index contributed by atoms with van der Waals surface area (Å²) in [6.07, 6.45) is -0.246. The highest BCUT2D eigenvalue weighted by Crippen LogP contribution is 2.35. The number of amides is 2. The highest BCUT2D eigenvalue weighted by molar-refractivity contribution is 7.89. The summed E-state index contributed by atoms with van der Waals surface area (Å²) in [6.45, 7) is -0.0212. The molecule has 2 aliphatic rings. The van der Waals surface area contributed by atoms with Crippen molar-refractivity contribution in [2.45, 2.75) is 23.9 Å². The molecule has 0 aromatic heterocycles. The lowest BCUT2D eigenvalue weighted by atomic mass is 10.1. The lowest BCUT2D eigenvalue weighted by Crippen LogP contribution is -2.45. The van der Waals surface area contributed by atoms with Crippen molar-refractivity contribution in [2.24, 2.45) is 0 Å². The van der Waals surface area contributed by atoms with Gasteiger partial charge in [-0.05, 0) is 42.0 Å². The maximum Gasteiger partial charge on any atom is 0.252 e. The van der Waals surface area contributed by atoms with E-state index in [0.29, 0.717) is 22.7 Å². The first-order valence-electron chi connectivity index (χ1n) is 10.3. The van der Waals surface area contributed by atoms with Gasteiger partial charge >= 0.3 is 0 Å². The lowest BCUT2D eigenvalue weighted by molar-refractivity contribution is -0.122. The molecule has 1 fully saturated rings. The highest BCUT2D eigenvalue weighted by Gasteiger charge is 2.47. The molecular formula is C24H20N2O6S. The Bertz CT molecular complexity index is 1310. The summed E-state index contributed by atoms with van der Waals surface area (Å²) >= 11 is 0. The molecule has 0 spiro atoms. The van der Waals surface area contributed by atoms with E-state index in [1.807, 2.05) is 0 Å². The normalized spacial score (nSPS) is 17.7. The number of hydrogen-bond donors (Lipinski definition) is 0. The Labute approximate surface area is 191 Å². The maximum absolute atomic E-state index is 13.6. The highest BCUT2D eigenvalue weighted by atomic mass is 32.2. The van der Waals surface area contributed by atoms with Crippen LogP contribution in [0.15, 0.2) is 83.8 Å². The van der Waals surface area contributed by atoms with Crippen LogP contribution >= 0.6 is 0 Å². The van der Waals surface area contributed by atoms with Gasteiger partial charge in [0.2, 0.25) is 22.7 Å². The van der Waals surface area contributed by atoms with E-state index in [-0.39, 0.29) is 24.7 Å². The summed E-state index contributed by atoms with van der Waals surface area (Å²) in [4.78, 5) is 27.3. The molecule has 1 saturated heterocycles. The molecule has 1 atom stereocenters. The van der Waals surface area contributed by atoms with Crippen LogP contribution in [0.5, 0.6) is 11.5 Å². The molecule has 2 amide bonds. The average Bonchev–Trinajstić information content (AvgIpc) is 3.41. The largest absolute Gasteiger partial charge is 0.454 e. The van der Waals surface area contributed by atoms with Crippen molar-refractivity contribution in [2.75, 3.05) is 11.7 Å². The first kappa shape index (κ1) is 21.2. The van der Waals surface area contributed by atoms with Crippen LogP contribution in [0.4, 0.5) is 5.69 Å². The second-order valence-corrected chi connectivity index (χ2v) is 9.56. The number of rotatable bonds is 6. The van der Waals surface area contributed by atoms with E-state index in [1.54, 1.807) is 66.7 Å². The molecule has 3 aromatic carbocycles. The summed E-state index contributed by atoms with van der Waals surface area (Å²) in [5.41, 5.74) is 1.02. The second kappa shape index (κ2) is 8.34. The zero-order valence-electron chi connectivity index (χ0n) is 17.5. The van der Waals surface area contributed by atoms with Gasteiger partial charge < -0.3 is 9.47 Å². The van der Waals surface area contributed by atoms with Crippen LogP contribution in [0.2, 0.25) is 0 Å². The third kappa shape index (κ3) is 3.85. The molecule has 3 aromatic rings. The number of fused-ring (bicyclic) bond motifs is 1. The summed E-state index contributed by atoms with van der Waals surface area (Å²) in [5, 5.41) is 0. The van der Waals surface area contributed by atoms with Crippen LogP contribution in [-0.2, 0) is 26.2 Å². The third-order valence-electron chi connectivity index (χ3n) is 5.61. The zero-order valence-corrected chi connectivity index (χ0v) is 18.3. The van der Waals surface area contributed by atoms with Crippen molar-refractivity contribution in [3.05, 3.63) is 84.4 Å². The van der Waals surface area contributed by atoms with Crippen molar-refractivity contribution in [3.8, 4) is 11.5 Å². The molecule has 1 unspecified atom stereocenters. The van der Waals surface area contributed by atoms with Crippen molar-refractivity contribution in [1.82, 2.24) is 4.31 Å². The SMILES string of the molecule is O=C1CC(N(Cc2ccc3c(c2)OCO3)S(=O)(=O)c2ccccc2)C(=O)N1c1ccccc1. The summed E-state index contributed by atoms with van der Waals surface area (Å²) in [5.74, 6) is 0.0458. The van der Waals surface area contributed by atoms with Crippen LogP contribution in [-0.4, -0.2) is 37.4 Å². The van der Waals surface area contributed by atoms with Gasteiger partial charge in [-0.2, -0.15) is 4.31 Å². The van der Waals surface area contributed by atoms with Gasteiger partial charge in [-0.15, -0.1) is 0 Å². The predicted octanol–water partition coefficient (Wildman–Crippen LogP) is 2.94. The number of sulfonamides is 1. The summed E-state index contributed by atoms with van der Waals surface area (Å²) in [6, 6.07) is 20.3. The predicted molar refractivity (Wildman–Crippen MR) is 119 cm³/mol. The van der Waals surface area contributed by atoms with Crippen LogP contribution < -0.4 is 14.4 Å². The second-order valence-electron chi connectivity index (χ2n) is 7.67. The molecule has 0 saturated carbocycles. The minimum atomic E-state index is -4.10. The van der Waals surface area contributed by atoms with Crippen LogP contribution in [0.1, 0.15) is 12.0 Å². The smallest absolute Gasteiger partial charge is 0.252 e. The van der Waals surface area contributed by atoms with Gasteiger partial charge in [-0.3, -0.25) is 9.59 Å². The molecule has 33 heavy (non-hydrogen) atoms. The summed E-state index contributed by atoms with van der Waals surface area (Å²) < 4.78 is 39.1. The van der Waals surface area contributed by atoms with Gasteiger partial charge in [0, 0.05) is 6.54 Å². The standard InChI is InChI=1S/C24H20N2O6S/c27-23-14-20(24(28)26(23)18-7-3-1-4-8-18)25(33(29,30)19-9-5-2-6-10-19)15-17-11-12-21-22(13-17)32-16-31-21/h1-13,20H,14-16H2. The lowest BCUT2D eigenvalue weighted by Gasteiger charge is -2.27. The minimum Gasteiger partial charge on any atom is -0.454 e. The van der Waals surface area contributed by atoms with E-state index in [2.05, 4.69) is 0 Å². The molecule has 0 radical (unpaired) electrons. The fraction of sp³-hybridized carbons (Fsp3) is 0.167. The topological polar surface area (TPSA) is 93.2 Å². The van der Waals surface area contributed by atoms with Crippen molar-refractivity contribution >= 4 is 27.5 Å². The first-order chi connectivity index (χ1) is 15.9. The fourth-order valence-corrected chi connectivity index (χ4v) is 5.59. The van der Waals surface area contributed by atoms with E-state index in [1.165, 1.54) is 12.1 Å². The number of ether oxygens (including phenoxy) is 2. The average molecular weight is 464 g/mol. The number of carbonyl (C=O) groups is 2. The van der Waals surface area contributed by atoms with Gasteiger partial charge in [-0.25, -0.2) is 13.3 Å². The molecular weight excluding hydrogens is 444 g/mol. The third-order valence-corrected chi connectivity index (χ3v) is 7.48. The molecule has 0 aliphatic carbocycles. The van der Waals surface area contributed by atoms with Crippen LogP contribution in [0, 0.1) is 0 Å². The molecule has 9 heteroatoms. The molecule has 8 nitrogen and oxygen atoms in total. The number of imide groups is 1. The number of anilines is 1. The Kier molecular flexibility index (Phi) is 5.35. The van der Waals surface area contributed by atoms with Gasteiger partial charge in [0.25, 0.3) is 5.91 Å². The molecule has 2 aliphatic heterocycles. The number of hydrogen-bond acceptors (Lipinski definition) is 6. The van der Waals surface area contributed by atoms with Crippen LogP contribution in [0.25, 0.3) is 0 Å². The zero-order chi connectivity index (χ0) is 23.0. The fourth-order valence-electron chi connectivity index (χ4n) is 4.00. The van der Waals surface area contributed by atoms with E-state index < -0.39 is 27.9 Å². The van der Waals surface area contributed by atoms with E-state index in [9.17, 15) is 18.0 Å². The Morgan fingerprint density at radius 1 is 0.879 bits per heavy atom. The molecule has 5 rings (SSSR count). The number of para-hydroxylation sites is 1. The van der Waals surface area contributed by atoms with Crippen molar-refractivity contribution in [3.63, 3.8) is 0 Å². The Balaban J connectivity index is 1.54. The van der Waals surface area contributed by atoms with Gasteiger partial charge in [0.1, 0.15) is 6.04 Å². The van der Waals surface area contributed by atoms with Gasteiger partial charge in [0.15, 0.2) is 11.5 Å². The van der Waals surface area contributed by atoms with E-state index in [4.69, 9.17) is 9.47 Å². The monoisotopic (exact) mass is 464 g/mol. The van der Waals surface area contributed by atoms with Crippen LogP contribution in [0.3, 0.4) is 0 Å². The minimum absolute atomic E-state index is 0.0455. The molecule has 168 valence electrons. The molecule has 0 N–H and O–H groups in total.